The number of ether oxygens (including phenoxy) is 3. The van der Waals surface area contributed by atoms with Crippen LogP contribution in [0.3, 0.4) is 0 Å². The van der Waals surface area contributed by atoms with Gasteiger partial charge in [-0.3, -0.25) is 0 Å². The number of hydrogen-bond donors (Lipinski definition) is 0. The summed E-state index contributed by atoms with van der Waals surface area (Å²) in [6, 6.07) is 8.21. The highest BCUT2D eigenvalue weighted by molar-refractivity contribution is 5.27. The van der Waals surface area contributed by atoms with E-state index in [9.17, 15) is 0 Å². The van der Waals surface area contributed by atoms with E-state index in [4.69, 9.17) is 14.2 Å². The van der Waals surface area contributed by atoms with Crippen LogP contribution in [0.25, 0.3) is 0 Å². The molecule has 124 valence electrons. The molecule has 3 heteroatoms. The molecule has 0 bridgehead atoms. The van der Waals surface area contributed by atoms with Crippen LogP contribution in [0.5, 0.6) is 5.75 Å². The van der Waals surface area contributed by atoms with Gasteiger partial charge < -0.3 is 14.2 Å². The summed E-state index contributed by atoms with van der Waals surface area (Å²) in [5, 5.41) is 0. The summed E-state index contributed by atoms with van der Waals surface area (Å²) in [5.74, 6) is 0.880. The molecule has 1 aromatic rings. The van der Waals surface area contributed by atoms with Crippen molar-refractivity contribution in [2.45, 2.75) is 59.4 Å². The Hall–Kier alpha value is -1.06. The van der Waals surface area contributed by atoms with E-state index in [-0.39, 0.29) is 11.5 Å². The van der Waals surface area contributed by atoms with E-state index >= 15 is 0 Å². The summed E-state index contributed by atoms with van der Waals surface area (Å²) in [6.07, 6.45) is 2.02. The van der Waals surface area contributed by atoms with Gasteiger partial charge in [0.1, 0.15) is 5.75 Å². The Morgan fingerprint density at radius 2 is 1.82 bits per heavy atom. The number of hydrogen-bond acceptors (Lipinski definition) is 3. The van der Waals surface area contributed by atoms with Crippen LogP contribution < -0.4 is 4.74 Å². The average molecular weight is 306 g/mol. The van der Waals surface area contributed by atoms with Crippen molar-refractivity contribution in [3.8, 4) is 5.75 Å². The fraction of sp³-hybridized carbons (Fsp3) is 0.684. The summed E-state index contributed by atoms with van der Waals surface area (Å²) in [7, 11) is 1.69. The maximum absolute atomic E-state index is 6.37. The quantitative estimate of drug-likeness (QED) is 0.805. The first-order chi connectivity index (χ1) is 10.3. The molecule has 1 saturated heterocycles. The Labute approximate surface area is 135 Å². The minimum absolute atomic E-state index is 0.0633. The summed E-state index contributed by atoms with van der Waals surface area (Å²) in [6.45, 7) is 11.7. The highest BCUT2D eigenvalue weighted by Gasteiger charge is 2.44. The molecule has 1 fully saturated rings. The second-order valence-corrected chi connectivity index (χ2v) is 7.54. The minimum atomic E-state index is -0.496. The fourth-order valence-corrected chi connectivity index (χ4v) is 3.22. The Morgan fingerprint density at radius 1 is 1.18 bits per heavy atom. The van der Waals surface area contributed by atoms with Gasteiger partial charge in [-0.15, -0.1) is 0 Å². The van der Waals surface area contributed by atoms with Crippen molar-refractivity contribution < 1.29 is 14.2 Å². The molecule has 0 unspecified atom stereocenters. The minimum Gasteiger partial charge on any atom is -0.497 e. The van der Waals surface area contributed by atoms with Crippen LogP contribution in [0.1, 0.15) is 46.6 Å². The summed E-state index contributed by atoms with van der Waals surface area (Å²) in [4.78, 5) is 0. The van der Waals surface area contributed by atoms with Crippen molar-refractivity contribution in [2.24, 2.45) is 11.3 Å². The van der Waals surface area contributed by atoms with E-state index in [1.165, 1.54) is 5.56 Å². The van der Waals surface area contributed by atoms with Crippen LogP contribution in [-0.4, -0.2) is 25.6 Å². The Kier molecular flexibility index (Phi) is 5.18. The van der Waals surface area contributed by atoms with Gasteiger partial charge >= 0.3 is 0 Å². The molecule has 0 saturated carbocycles. The molecule has 22 heavy (non-hydrogen) atoms. The Balaban J connectivity index is 1.99. The van der Waals surface area contributed by atoms with Crippen LogP contribution in [0, 0.1) is 11.3 Å². The summed E-state index contributed by atoms with van der Waals surface area (Å²) in [5.41, 5.74) is 1.34. The Bertz CT molecular complexity index is 478. The third-order valence-electron chi connectivity index (χ3n) is 4.53. The van der Waals surface area contributed by atoms with E-state index in [2.05, 4.69) is 46.8 Å². The molecular weight excluding hydrogens is 276 g/mol. The van der Waals surface area contributed by atoms with Crippen molar-refractivity contribution in [2.75, 3.05) is 13.7 Å². The second-order valence-electron chi connectivity index (χ2n) is 7.54. The van der Waals surface area contributed by atoms with Crippen molar-refractivity contribution in [3.63, 3.8) is 0 Å². The number of aryl methyl sites for hydroxylation is 1. The van der Waals surface area contributed by atoms with Crippen molar-refractivity contribution in [1.29, 1.82) is 0 Å². The van der Waals surface area contributed by atoms with Gasteiger partial charge in [0.2, 0.25) is 0 Å². The molecule has 0 spiro atoms. The van der Waals surface area contributed by atoms with Crippen LogP contribution in [0.4, 0.5) is 0 Å². The van der Waals surface area contributed by atoms with Crippen molar-refractivity contribution in [3.05, 3.63) is 29.8 Å². The smallest absolute Gasteiger partial charge is 0.166 e. The van der Waals surface area contributed by atoms with Gasteiger partial charge in [-0.25, -0.2) is 0 Å². The van der Waals surface area contributed by atoms with Crippen LogP contribution in [-0.2, 0) is 15.9 Å². The molecule has 1 aliphatic heterocycles. The SMILES string of the molecule is COc1ccc(CC[C@@]2(C)OCC(C)(C)[C@H](C(C)C)O2)cc1. The molecule has 0 amide bonds. The monoisotopic (exact) mass is 306 g/mol. The van der Waals surface area contributed by atoms with Gasteiger partial charge in [-0.2, -0.15) is 0 Å². The van der Waals surface area contributed by atoms with Gasteiger partial charge in [0.15, 0.2) is 5.79 Å². The van der Waals surface area contributed by atoms with Crippen molar-refractivity contribution in [1.82, 2.24) is 0 Å². The third-order valence-corrected chi connectivity index (χ3v) is 4.53. The predicted octanol–water partition coefficient (Wildman–Crippen LogP) is 4.44. The molecule has 1 heterocycles. The lowest BCUT2D eigenvalue weighted by molar-refractivity contribution is -0.330. The standard InChI is InChI=1S/C19H30O3/c1-14(2)17-18(3,4)13-21-19(5,22-17)12-11-15-7-9-16(20-6)10-8-15/h7-10,14,17H,11-13H2,1-6H3/t17-,19-/m0/s1. The average Bonchev–Trinajstić information content (AvgIpc) is 2.48. The first-order valence-electron chi connectivity index (χ1n) is 8.20. The first kappa shape index (κ1) is 17.3. The molecule has 0 radical (unpaired) electrons. The molecule has 0 aromatic heterocycles. The lowest BCUT2D eigenvalue weighted by atomic mass is 9.80. The molecule has 1 aliphatic rings. The normalized spacial score (nSPS) is 27.9. The van der Waals surface area contributed by atoms with Crippen LogP contribution in [0.2, 0.25) is 0 Å². The van der Waals surface area contributed by atoms with E-state index in [1.807, 2.05) is 12.1 Å². The zero-order chi connectivity index (χ0) is 16.4. The molecule has 0 aliphatic carbocycles. The molecule has 0 N–H and O–H groups in total. The van der Waals surface area contributed by atoms with E-state index in [0.29, 0.717) is 5.92 Å². The fourth-order valence-electron chi connectivity index (χ4n) is 3.22. The van der Waals surface area contributed by atoms with Crippen LogP contribution >= 0.6 is 0 Å². The molecule has 1 aromatic carbocycles. The van der Waals surface area contributed by atoms with Crippen LogP contribution in [0.15, 0.2) is 24.3 Å². The maximum atomic E-state index is 6.37. The van der Waals surface area contributed by atoms with Gasteiger partial charge in [-0.1, -0.05) is 39.8 Å². The largest absolute Gasteiger partial charge is 0.497 e. The lowest BCUT2D eigenvalue weighted by Crippen LogP contribution is -2.53. The van der Waals surface area contributed by atoms with E-state index in [1.54, 1.807) is 7.11 Å². The highest BCUT2D eigenvalue weighted by atomic mass is 16.7. The molecule has 3 nitrogen and oxygen atoms in total. The zero-order valence-electron chi connectivity index (χ0n) is 14.8. The number of rotatable bonds is 5. The van der Waals surface area contributed by atoms with Gasteiger partial charge in [0.05, 0.1) is 19.8 Å². The maximum Gasteiger partial charge on any atom is 0.166 e. The molecular formula is C19H30O3. The molecule has 2 atom stereocenters. The van der Waals surface area contributed by atoms with E-state index < -0.39 is 5.79 Å². The summed E-state index contributed by atoms with van der Waals surface area (Å²) >= 11 is 0. The molecule has 2 rings (SSSR count). The summed E-state index contributed by atoms with van der Waals surface area (Å²) < 4.78 is 17.6. The number of methoxy groups -OCH3 is 1. The van der Waals surface area contributed by atoms with Gasteiger partial charge in [-0.05, 0) is 37.0 Å². The predicted molar refractivity (Wildman–Crippen MR) is 89.2 cm³/mol. The number of benzene rings is 1. The van der Waals surface area contributed by atoms with E-state index in [0.717, 1.165) is 25.2 Å². The van der Waals surface area contributed by atoms with Gasteiger partial charge in [0, 0.05) is 11.8 Å². The third kappa shape index (κ3) is 4.02. The first-order valence-corrected chi connectivity index (χ1v) is 8.20. The Morgan fingerprint density at radius 3 is 2.36 bits per heavy atom. The zero-order valence-corrected chi connectivity index (χ0v) is 14.8. The van der Waals surface area contributed by atoms with Crippen molar-refractivity contribution >= 4 is 0 Å². The lowest BCUT2D eigenvalue weighted by Gasteiger charge is -2.49. The topological polar surface area (TPSA) is 27.7 Å². The van der Waals surface area contributed by atoms with Gasteiger partial charge in [0.25, 0.3) is 0 Å². The highest BCUT2D eigenvalue weighted by Crippen LogP contribution is 2.40. The second kappa shape index (κ2) is 6.59.